The molecule has 0 bridgehead atoms. The summed E-state index contributed by atoms with van der Waals surface area (Å²) in [5.74, 6) is 0.761. The highest BCUT2D eigenvalue weighted by Crippen LogP contribution is 2.23. The van der Waals surface area contributed by atoms with Gasteiger partial charge in [0.1, 0.15) is 0 Å². The fourth-order valence-corrected chi connectivity index (χ4v) is 3.16. The van der Waals surface area contributed by atoms with Crippen molar-refractivity contribution in [1.82, 2.24) is 9.97 Å². The molecule has 6 nitrogen and oxygen atoms in total. The molecular weight excluding hydrogens is 298 g/mol. The van der Waals surface area contributed by atoms with Gasteiger partial charge < -0.3 is 10.2 Å². The van der Waals surface area contributed by atoms with Crippen molar-refractivity contribution in [1.29, 1.82) is 0 Å². The lowest BCUT2D eigenvalue weighted by Crippen LogP contribution is -2.24. The number of hydrogen-bond donors (Lipinski definition) is 2. The highest BCUT2D eigenvalue weighted by atomic mass is 32.1. The molecule has 1 aliphatic heterocycles. The lowest BCUT2D eigenvalue weighted by atomic mass is 10.3. The number of nitrogens with one attached hydrogen (secondary N) is 2. The average molecular weight is 317 g/mol. The number of aryl methyl sites for hydroxylation is 2. The van der Waals surface area contributed by atoms with Crippen molar-refractivity contribution in [3.63, 3.8) is 0 Å². The van der Waals surface area contributed by atoms with E-state index in [4.69, 9.17) is 0 Å². The van der Waals surface area contributed by atoms with Gasteiger partial charge in [-0.1, -0.05) is 0 Å². The highest BCUT2D eigenvalue weighted by molar-refractivity contribution is 7.14. The largest absolute Gasteiger partial charge is 0.341 e. The topological polar surface area (TPSA) is 70.2 Å². The van der Waals surface area contributed by atoms with Crippen molar-refractivity contribution in [3.05, 3.63) is 28.9 Å². The summed E-state index contributed by atoms with van der Waals surface area (Å²) in [5.41, 5.74) is 2.25. The minimum atomic E-state index is -0.272. The molecule has 2 aromatic rings. The molecule has 0 aromatic carbocycles. The normalized spacial score (nSPS) is 14.2. The molecule has 1 aliphatic rings. The second-order valence-electron chi connectivity index (χ2n) is 5.32. The summed E-state index contributed by atoms with van der Waals surface area (Å²) in [4.78, 5) is 23.3. The molecule has 1 saturated heterocycles. The summed E-state index contributed by atoms with van der Waals surface area (Å²) in [5, 5.41) is 8.37. The number of amides is 2. The van der Waals surface area contributed by atoms with E-state index in [0.29, 0.717) is 5.69 Å². The number of aromatic nitrogens is 2. The molecule has 0 radical (unpaired) electrons. The Hall–Kier alpha value is -2.15. The molecule has 22 heavy (non-hydrogen) atoms. The van der Waals surface area contributed by atoms with Gasteiger partial charge in [-0.25, -0.2) is 14.8 Å². The van der Waals surface area contributed by atoms with Crippen molar-refractivity contribution in [2.45, 2.75) is 26.7 Å². The van der Waals surface area contributed by atoms with Crippen LogP contribution in [0.5, 0.6) is 0 Å². The van der Waals surface area contributed by atoms with E-state index in [1.54, 1.807) is 0 Å². The van der Waals surface area contributed by atoms with Crippen LogP contribution in [0.15, 0.2) is 17.5 Å². The predicted octanol–water partition coefficient (Wildman–Crippen LogP) is 3.40. The maximum absolute atomic E-state index is 12.0. The van der Waals surface area contributed by atoms with Crippen LogP contribution in [0.3, 0.4) is 0 Å². The first-order valence-corrected chi connectivity index (χ1v) is 8.23. The molecule has 3 rings (SSSR count). The van der Waals surface area contributed by atoms with Crippen molar-refractivity contribution in [2.24, 2.45) is 0 Å². The first kappa shape index (κ1) is 14.8. The Morgan fingerprint density at radius 2 is 1.86 bits per heavy atom. The Morgan fingerprint density at radius 3 is 2.45 bits per heavy atom. The SMILES string of the molecule is Cc1nc(N2CCCC2)nc(C)c1NC(=O)Nc1cccs1. The van der Waals surface area contributed by atoms with Crippen LogP contribution in [0.25, 0.3) is 0 Å². The number of carbonyl (C=O) groups excluding carboxylic acids is 1. The molecule has 0 atom stereocenters. The van der Waals surface area contributed by atoms with Crippen LogP contribution in [-0.2, 0) is 0 Å². The van der Waals surface area contributed by atoms with Gasteiger partial charge in [-0.05, 0) is 44.2 Å². The number of urea groups is 1. The summed E-state index contributed by atoms with van der Waals surface area (Å²) in [6.45, 7) is 5.80. The Bertz CT molecular complexity index is 642. The quantitative estimate of drug-likeness (QED) is 0.910. The lowest BCUT2D eigenvalue weighted by molar-refractivity contribution is 0.262. The molecule has 1 fully saturated rings. The van der Waals surface area contributed by atoms with Crippen molar-refractivity contribution in [3.8, 4) is 0 Å². The number of carbonyl (C=O) groups is 1. The predicted molar refractivity (Wildman–Crippen MR) is 89.9 cm³/mol. The van der Waals surface area contributed by atoms with Gasteiger partial charge >= 0.3 is 6.03 Å². The minimum absolute atomic E-state index is 0.272. The maximum atomic E-state index is 12.0. The number of thiophene rings is 1. The van der Waals surface area contributed by atoms with E-state index in [9.17, 15) is 4.79 Å². The average Bonchev–Trinajstić information content (AvgIpc) is 3.15. The van der Waals surface area contributed by atoms with Gasteiger partial charge in [0.15, 0.2) is 0 Å². The van der Waals surface area contributed by atoms with E-state index in [1.807, 2.05) is 31.4 Å². The second kappa shape index (κ2) is 6.31. The molecule has 0 aliphatic carbocycles. The Morgan fingerprint density at radius 1 is 1.18 bits per heavy atom. The van der Waals surface area contributed by atoms with Gasteiger partial charge in [0.05, 0.1) is 22.1 Å². The summed E-state index contributed by atoms with van der Waals surface area (Å²) >= 11 is 1.48. The van der Waals surface area contributed by atoms with Gasteiger partial charge in [-0.3, -0.25) is 5.32 Å². The number of anilines is 3. The lowest BCUT2D eigenvalue weighted by Gasteiger charge is -2.18. The molecule has 2 aromatic heterocycles. The summed E-state index contributed by atoms with van der Waals surface area (Å²) < 4.78 is 0. The Kier molecular flexibility index (Phi) is 4.24. The highest BCUT2D eigenvalue weighted by Gasteiger charge is 2.18. The first-order chi connectivity index (χ1) is 10.6. The van der Waals surface area contributed by atoms with Crippen LogP contribution >= 0.6 is 11.3 Å². The van der Waals surface area contributed by atoms with Crippen LogP contribution in [-0.4, -0.2) is 29.1 Å². The fraction of sp³-hybridized carbons (Fsp3) is 0.400. The first-order valence-electron chi connectivity index (χ1n) is 7.35. The Balaban J connectivity index is 1.74. The van der Waals surface area contributed by atoms with E-state index in [-0.39, 0.29) is 6.03 Å². The molecule has 0 unspecified atom stereocenters. The van der Waals surface area contributed by atoms with Gasteiger partial charge in [-0.15, -0.1) is 11.3 Å². The third kappa shape index (κ3) is 3.19. The monoisotopic (exact) mass is 317 g/mol. The van der Waals surface area contributed by atoms with Crippen LogP contribution < -0.4 is 15.5 Å². The summed E-state index contributed by atoms with van der Waals surface area (Å²) in [6.07, 6.45) is 2.37. The zero-order valence-electron chi connectivity index (χ0n) is 12.7. The maximum Gasteiger partial charge on any atom is 0.324 e. The van der Waals surface area contributed by atoms with Gasteiger partial charge in [0.2, 0.25) is 5.95 Å². The van der Waals surface area contributed by atoms with Crippen molar-refractivity contribution < 1.29 is 4.79 Å². The summed E-state index contributed by atoms with van der Waals surface area (Å²) in [6, 6.07) is 3.48. The van der Waals surface area contributed by atoms with Crippen LogP contribution in [0, 0.1) is 13.8 Å². The zero-order valence-corrected chi connectivity index (χ0v) is 13.5. The molecule has 2 amide bonds. The minimum Gasteiger partial charge on any atom is -0.341 e. The van der Waals surface area contributed by atoms with E-state index in [0.717, 1.165) is 35.4 Å². The van der Waals surface area contributed by atoms with E-state index in [1.165, 1.54) is 24.2 Å². The third-order valence-electron chi connectivity index (χ3n) is 3.64. The smallest absolute Gasteiger partial charge is 0.324 e. The number of hydrogen-bond acceptors (Lipinski definition) is 5. The van der Waals surface area contributed by atoms with Crippen LogP contribution in [0.4, 0.5) is 21.4 Å². The molecule has 0 spiro atoms. The molecule has 0 saturated carbocycles. The molecule has 3 heterocycles. The molecular formula is C15H19N5OS. The number of rotatable bonds is 3. The van der Waals surface area contributed by atoms with E-state index < -0.39 is 0 Å². The van der Waals surface area contributed by atoms with Crippen LogP contribution in [0.2, 0.25) is 0 Å². The third-order valence-corrected chi connectivity index (χ3v) is 4.43. The zero-order chi connectivity index (χ0) is 15.5. The molecule has 2 N–H and O–H groups in total. The fourth-order valence-electron chi connectivity index (χ4n) is 2.54. The van der Waals surface area contributed by atoms with E-state index in [2.05, 4.69) is 25.5 Å². The number of nitrogens with zero attached hydrogens (tertiary/aromatic N) is 3. The van der Waals surface area contributed by atoms with Gasteiger partial charge in [-0.2, -0.15) is 0 Å². The van der Waals surface area contributed by atoms with Crippen LogP contribution in [0.1, 0.15) is 24.2 Å². The van der Waals surface area contributed by atoms with Crippen molar-refractivity contribution >= 4 is 34.0 Å². The van der Waals surface area contributed by atoms with Gasteiger partial charge in [0, 0.05) is 13.1 Å². The summed E-state index contributed by atoms with van der Waals surface area (Å²) in [7, 11) is 0. The second-order valence-corrected chi connectivity index (χ2v) is 6.27. The molecule has 116 valence electrons. The Labute approximate surface area is 133 Å². The van der Waals surface area contributed by atoms with E-state index >= 15 is 0 Å². The van der Waals surface area contributed by atoms with Gasteiger partial charge in [0.25, 0.3) is 0 Å². The standard InChI is InChI=1S/C15H19N5OS/c1-10-13(19-15(21)18-12-6-5-9-22-12)11(2)17-14(16-10)20-7-3-4-8-20/h5-6,9H,3-4,7-8H2,1-2H3,(H2,18,19,21). The molecule has 7 heteroatoms. The van der Waals surface area contributed by atoms with Crippen molar-refractivity contribution in [2.75, 3.05) is 28.6 Å².